The van der Waals surface area contributed by atoms with Gasteiger partial charge in [0.05, 0.1) is 12.2 Å². The first-order valence-corrected chi connectivity index (χ1v) is 11.7. The van der Waals surface area contributed by atoms with Crippen LogP contribution in [-0.2, 0) is 14.8 Å². The maximum atomic E-state index is 11.9. The van der Waals surface area contributed by atoms with Crippen molar-refractivity contribution in [2.24, 2.45) is 5.92 Å². The Hall–Kier alpha value is -1.35. The zero-order chi connectivity index (χ0) is 19.7. The molecule has 1 fully saturated rings. The van der Waals surface area contributed by atoms with E-state index < -0.39 is 21.9 Å². The van der Waals surface area contributed by atoms with E-state index in [1.54, 1.807) is 0 Å². The fraction of sp³-hybridized carbons (Fsp3) is 0.824. The molecule has 1 aromatic heterocycles. The van der Waals surface area contributed by atoms with Crippen molar-refractivity contribution >= 4 is 33.5 Å². The fourth-order valence-electron chi connectivity index (χ4n) is 3.53. The lowest BCUT2D eigenvalue weighted by molar-refractivity contribution is -0.137. The van der Waals surface area contributed by atoms with Crippen molar-refractivity contribution in [1.82, 2.24) is 10.1 Å². The Bertz CT molecular complexity index is 688. The Morgan fingerprint density at radius 1 is 1.30 bits per heavy atom. The van der Waals surface area contributed by atoms with Gasteiger partial charge in [-0.3, -0.25) is 4.79 Å². The van der Waals surface area contributed by atoms with E-state index in [9.17, 15) is 13.2 Å². The number of aromatic nitrogens is 2. The molecule has 154 valence electrons. The Kier molecular flexibility index (Phi) is 8.82. The molecule has 2 N–H and O–H groups in total. The Labute approximate surface area is 165 Å². The van der Waals surface area contributed by atoms with Gasteiger partial charge in [0, 0.05) is 11.8 Å². The number of hydrogen-bond acceptors (Lipinski definition) is 6. The summed E-state index contributed by atoms with van der Waals surface area (Å²) in [4.78, 5) is 15.2. The van der Waals surface area contributed by atoms with Crippen molar-refractivity contribution in [2.45, 2.75) is 70.1 Å². The molecule has 27 heavy (non-hydrogen) atoms. The first kappa shape index (κ1) is 21.9. The standard InChI is InChI=1S/C17H28ClN3O5S/c18-10-5-11-27(24,25)21-17-19-16(26-20-17)14(12-15(22)23)9-4-8-13-6-2-1-3-7-13/h13-14H,1-12H2,(H,20,21)(H,22,23)/t14-/m1/s1. The summed E-state index contributed by atoms with van der Waals surface area (Å²) in [6, 6.07) is 0. The number of nitrogens with zero attached hydrogens (tertiary/aromatic N) is 2. The highest BCUT2D eigenvalue weighted by Gasteiger charge is 2.24. The summed E-state index contributed by atoms with van der Waals surface area (Å²) in [7, 11) is -3.60. The van der Waals surface area contributed by atoms with Crippen LogP contribution in [0.5, 0.6) is 0 Å². The average Bonchev–Trinajstić information content (AvgIpc) is 3.07. The maximum absolute atomic E-state index is 11.9. The normalized spacial score (nSPS) is 16.9. The van der Waals surface area contributed by atoms with Gasteiger partial charge in [0.25, 0.3) is 5.95 Å². The number of anilines is 1. The van der Waals surface area contributed by atoms with E-state index >= 15 is 0 Å². The third-order valence-electron chi connectivity index (χ3n) is 4.90. The second-order valence-corrected chi connectivity index (χ2v) is 9.37. The SMILES string of the molecule is O=C(O)C[C@@H](CCCC1CCCCC1)c1nc(NS(=O)(=O)CCCCl)no1. The molecule has 2 rings (SSSR count). The molecule has 0 spiro atoms. The van der Waals surface area contributed by atoms with Gasteiger partial charge in [-0.15, -0.1) is 11.6 Å². The number of alkyl halides is 1. The van der Waals surface area contributed by atoms with Crippen molar-refractivity contribution in [2.75, 3.05) is 16.4 Å². The first-order valence-electron chi connectivity index (χ1n) is 9.51. The first-order chi connectivity index (χ1) is 12.9. The number of carbonyl (C=O) groups is 1. The largest absolute Gasteiger partial charge is 0.481 e. The van der Waals surface area contributed by atoms with Gasteiger partial charge in [-0.25, -0.2) is 13.1 Å². The summed E-state index contributed by atoms with van der Waals surface area (Å²) < 4.78 is 31.1. The zero-order valence-corrected chi connectivity index (χ0v) is 17.0. The number of carboxylic acid groups (broad SMARTS) is 1. The smallest absolute Gasteiger partial charge is 0.304 e. The molecule has 1 heterocycles. The van der Waals surface area contributed by atoms with Gasteiger partial charge in [0.2, 0.25) is 15.9 Å². The lowest BCUT2D eigenvalue weighted by Crippen LogP contribution is -2.18. The summed E-state index contributed by atoms with van der Waals surface area (Å²) in [5, 5.41) is 12.8. The van der Waals surface area contributed by atoms with Crippen LogP contribution in [0.2, 0.25) is 0 Å². The third-order valence-corrected chi connectivity index (χ3v) is 6.48. The highest BCUT2D eigenvalue weighted by atomic mass is 35.5. The lowest BCUT2D eigenvalue weighted by Gasteiger charge is -2.21. The predicted octanol–water partition coefficient (Wildman–Crippen LogP) is 3.75. The summed E-state index contributed by atoms with van der Waals surface area (Å²) in [5.41, 5.74) is 0. The molecule has 0 bridgehead atoms. The van der Waals surface area contributed by atoms with Crippen LogP contribution in [0.1, 0.15) is 76.0 Å². The number of nitrogens with one attached hydrogen (secondary N) is 1. The number of hydrogen-bond donors (Lipinski definition) is 2. The van der Waals surface area contributed by atoms with Crippen LogP contribution in [0.4, 0.5) is 5.95 Å². The highest BCUT2D eigenvalue weighted by Crippen LogP contribution is 2.31. The van der Waals surface area contributed by atoms with Crippen LogP contribution in [-0.4, -0.2) is 41.3 Å². The molecule has 8 nitrogen and oxygen atoms in total. The van der Waals surface area contributed by atoms with Crippen molar-refractivity contribution in [3.8, 4) is 0 Å². The van der Waals surface area contributed by atoms with Crippen LogP contribution >= 0.6 is 11.6 Å². The number of carboxylic acids is 1. The van der Waals surface area contributed by atoms with E-state index in [1.807, 2.05) is 0 Å². The molecule has 1 aliphatic carbocycles. The van der Waals surface area contributed by atoms with Gasteiger partial charge in [-0.2, -0.15) is 4.98 Å². The van der Waals surface area contributed by atoms with E-state index in [0.717, 1.165) is 18.8 Å². The minimum absolute atomic E-state index is 0.120. The molecule has 0 aliphatic heterocycles. The van der Waals surface area contributed by atoms with Gasteiger partial charge in [-0.1, -0.05) is 44.9 Å². The van der Waals surface area contributed by atoms with Crippen LogP contribution < -0.4 is 4.72 Å². The van der Waals surface area contributed by atoms with E-state index in [2.05, 4.69) is 14.9 Å². The second-order valence-electron chi connectivity index (χ2n) is 7.15. The van der Waals surface area contributed by atoms with E-state index in [4.69, 9.17) is 21.2 Å². The molecular formula is C17H28ClN3O5S. The van der Waals surface area contributed by atoms with Gasteiger partial charge >= 0.3 is 5.97 Å². The van der Waals surface area contributed by atoms with Gasteiger partial charge in [0.15, 0.2) is 0 Å². The van der Waals surface area contributed by atoms with Gasteiger partial charge < -0.3 is 9.63 Å². The average molecular weight is 422 g/mol. The van der Waals surface area contributed by atoms with Crippen LogP contribution in [0.15, 0.2) is 4.52 Å². The molecular weight excluding hydrogens is 394 g/mol. The number of sulfonamides is 1. The fourth-order valence-corrected chi connectivity index (χ4v) is 4.81. The van der Waals surface area contributed by atoms with E-state index in [-0.39, 0.29) is 29.9 Å². The quantitative estimate of drug-likeness (QED) is 0.492. The second kappa shape index (κ2) is 10.8. The predicted molar refractivity (Wildman–Crippen MR) is 102 cm³/mol. The van der Waals surface area contributed by atoms with E-state index in [0.29, 0.717) is 12.8 Å². The minimum Gasteiger partial charge on any atom is -0.481 e. The Morgan fingerprint density at radius 3 is 2.70 bits per heavy atom. The molecule has 10 heteroatoms. The molecule has 1 atom stereocenters. The molecule has 0 amide bonds. The van der Waals surface area contributed by atoms with Crippen LogP contribution in [0.25, 0.3) is 0 Å². The van der Waals surface area contributed by atoms with Crippen molar-refractivity contribution < 1.29 is 22.8 Å². The summed E-state index contributed by atoms with van der Waals surface area (Å²) in [5.74, 6) is -0.547. The molecule has 0 radical (unpaired) electrons. The highest BCUT2D eigenvalue weighted by molar-refractivity contribution is 7.92. The van der Waals surface area contributed by atoms with Gasteiger partial charge in [-0.05, 0) is 23.9 Å². The molecule has 0 aromatic carbocycles. The maximum Gasteiger partial charge on any atom is 0.304 e. The number of aliphatic carboxylic acids is 1. The Morgan fingerprint density at radius 2 is 2.04 bits per heavy atom. The minimum atomic E-state index is -3.60. The third kappa shape index (κ3) is 8.04. The monoisotopic (exact) mass is 421 g/mol. The van der Waals surface area contributed by atoms with Crippen molar-refractivity contribution in [3.05, 3.63) is 5.89 Å². The number of rotatable bonds is 12. The van der Waals surface area contributed by atoms with Crippen molar-refractivity contribution in [3.63, 3.8) is 0 Å². The molecule has 0 saturated heterocycles. The lowest BCUT2D eigenvalue weighted by atomic mass is 9.84. The zero-order valence-electron chi connectivity index (χ0n) is 15.4. The number of halogens is 1. The topological polar surface area (TPSA) is 122 Å². The molecule has 1 aromatic rings. The molecule has 1 saturated carbocycles. The summed E-state index contributed by atoms with van der Waals surface area (Å²) in [6.45, 7) is 0. The Balaban J connectivity index is 1.93. The van der Waals surface area contributed by atoms with Crippen LogP contribution in [0.3, 0.4) is 0 Å². The molecule has 1 aliphatic rings. The van der Waals surface area contributed by atoms with E-state index in [1.165, 1.54) is 32.1 Å². The summed E-state index contributed by atoms with van der Waals surface area (Å²) >= 11 is 5.51. The van der Waals surface area contributed by atoms with Crippen LogP contribution in [0, 0.1) is 5.92 Å². The molecule has 0 unspecified atom stereocenters. The summed E-state index contributed by atoms with van der Waals surface area (Å²) in [6.07, 6.45) is 9.14. The van der Waals surface area contributed by atoms with Crippen molar-refractivity contribution in [1.29, 1.82) is 0 Å². The van der Waals surface area contributed by atoms with Gasteiger partial charge in [0.1, 0.15) is 0 Å².